The van der Waals surface area contributed by atoms with Gasteiger partial charge in [0.05, 0.1) is 16.9 Å². The Morgan fingerprint density at radius 1 is 1.30 bits per heavy atom. The van der Waals surface area contributed by atoms with Crippen LogP contribution in [0.5, 0.6) is 0 Å². The van der Waals surface area contributed by atoms with Crippen molar-refractivity contribution in [1.29, 1.82) is 0 Å². The molecule has 1 aromatic heterocycles. The summed E-state index contributed by atoms with van der Waals surface area (Å²) in [5.41, 5.74) is 1.04. The molecular formula is C15H14N2O6. The van der Waals surface area contributed by atoms with E-state index in [1.807, 2.05) is 0 Å². The lowest BCUT2D eigenvalue weighted by Gasteiger charge is -2.08. The maximum atomic E-state index is 11.8. The molecule has 0 saturated carbocycles. The Bertz CT molecular complexity index is 765. The number of nitro benzene ring substituents is 1. The van der Waals surface area contributed by atoms with E-state index in [9.17, 15) is 19.7 Å². The molecule has 0 aliphatic heterocycles. The molecule has 1 amide bonds. The van der Waals surface area contributed by atoms with Gasteiger partial charge in [-0.1, -0.05) is 6.07 Å². The number of esters is 1. The molecule has 2 aromatic rings. The van der Waals surface area contributed by atoms with Crippen LogP contribution in [-0.2, 0) is 9.53 Å². The predicted octanol–water partition coefficient (Wildman–Crippen LogP) is 2.60. The molecule has 0 bridgehead atoms. The molecule has 0 atom stereocenters. The van der Waals surface area contributed by atoms with Gasteiger partial charge in [-0.05, 0) is 25.5 Å². The van der Waals surface area contributed by atoms with Gasteiger partial charge in [-0.3, -0.25) is 14.9 Å². The van der Waals surface area contributed by atoms with Gasteiger partial charge in [-0.15, -0.1) is 0 Å². The first-order valence-electron chi connectivity index (χ1n) is 6.64. The van der Waals surface area contributed by atoms with Crippen molar-refractivity contribution in [3.8, 4) is 0 Å². The highest BCUT2D eigenvalue weighted by molar-refractivity contribution is 5.96. The highest BCUT2D eigenvalue weighted by atomic mass is 16.6. The van der Waals surface area contributed by atoms with Gasteiger partial charge in [0.1, 0.15) is 11.3 Å². The molecule has 0 unspecified atom stereocenters. The number of benzene rings is 1. The Kier molecular flexibility index (Phi) is 4.75. The summed E-state index contributed by atoms with van der Waals surface area (Å²) in [6.07, 6.45) is 1.35. The van der Waals surface area contributed by atoms with Gasteiger partial charge in [0.2, 0.25) is 0 Å². The number of nitro groups is 1. The number of ether oxygens (including phenoxy) is 1. The number of aryl methyl sites for hydroxylation is 2. The second-order valence-corrected chi connectivity index (χ2v) is 4.77. The van der Waals surface area contributed by atoms with Crippen molar-refractivity contribution in [2.75, 3.05) is 11.9 Å². The van der Waals surface area contributed by atoms with Crippen LogP contribution in [0, 0.1) is 24.0 Å². The van der Waals surface area contributed by atoms with Gasteiger partial charge in [0.25, 0.3) is 11.6 Å². The number of anilines is 1. The molecule has 8 nitrogen and oxygen atoms in total. The smallest absolute Gasteiger partial charge is 0.342 e. The number of hydrogen-bond acceptors (Lipinski definition) is 6. The minimum absolute atomic E-state index is 0.142. The Balaban J connectivity index is 1.97. The summed E-state index contributed by atoms with van der Waals surface area (Å²) in [6.45, 7) is 2.79. The minimum Gasteiger partial charge on any atom is -0.469 e. The lowest BCUT2D eigenvalue weighted by molar-refractivity contribution is -0.384. The number of amides is 1. The fraction of sp³-hybridized carbons (Fsp3) is 0.200. The number of carbonyl (C=O) groups is 2. The van der Waals surface area contributed by atoms with Gasteiger partial charge in [0, 0.05) is 12.1 Å². The van der Waals surface area contributed by atoms with Crippen LogP contribution in [0.2, 0.25) is 0 Å². The molecule has 1 heterocycles. The number of rotatable bonds is 5. The van der Waals surface area contributed by atoms with Crippen LogP contribution < -0.4 is 5.32 Å². The molecular weight excluding hydrogens is 304 g/mol. The summed E-state index contributed by atoms with van der Waals surface area (Å²) >= 11 is 0. The highest BCUT2D eigenvalue weighted by Gasteiger charge is 2.16. The number of carbonyl (C=O) groups excluding carboxylic acids is 2. The van der Waals surface area contributed by atoms with E-state index in [0.29, 0.717) is 17.0 Å². The zero-order valence-corrected chi connectivity index (χ0v) is 12.5. The third-order valence-corrected chi connectivity index (χ3v) is 3.12. The average Bonchev–Trinajstić information content (AvgIpc) is 2.93. The first-order chi connectivity index (χ1) is 10.9. The molecule has 0 saturated heterocycles. The Hall–Kier alpha value is -3.16. The summed E-state index contributed by atoms with van der Waals surface area (Å²) in [7, 11) is 0. The molecule has 8 heteroatoms. The maximum absolute atomic E-state index is 11.8. The van der Waals surface area contributed by atoms with Crippen molar-refractivity contribution in [2.24, 2.45) is 0 Å². The molecule has 0 radical (unpaired) electrons. The second kappa shape index (κ2) is 6.73. The van der Waals surface area contributed by atoms with Crippen LogP contribution in [0.1, 0.15) is 21.7 Å². The molecule has 0 fully saturated rings. The Morgan fingerprint density at radius 3 is 2.65 bits per heavy atom. The van der Waals surface area contributed by atoms with E-state index in [1.165, 1.54) is 30.5 Å². The third-order valence-electron chi connectivity index (χ3n) is 3.12. The summed E-state index contributed by atoms with van der Waals surface area (Å²) in [5, 5.41) is 13.2. The van der Waals surface area contributed by atoms with E-state index in [0.717, 1.165) is 0 Å². The van der Waals surface area contributed by atoms with Crippen LogP contribution in [0.25, 0.3) is 0 Å². The van der Waals surface area contributed by atoms with Crippen molar-refractivity contribution >= 4 is 23.3 Å². The molecule has 0 spiro atoms. The monoisotopic (exact) mass is 318 g/mol. The highest BCUT2D eigenvalue weighted by Crippen LogP contribution is 2.21. The van der Waals surface area contributed by atoms with Crippen molar-refractivity contribution in [3.63, 3.8) is 0 Å². The van der Waals surface area contributed by atoms with Gasteiger partial charge in [-0.25, -0.2) is 4.79 Å². The first-order valence-corrected chi connectivity index (χ1v) is 6.64. The molecule has 23 heavy (non-hydrogen) atoms. The summed E-state index contributed by atoms with van der Waals surface area (Å²) in [5.74, 6) is -0.879. The van der Waals surface area contributed by atoms with Crippen LogP contribution in [0.4, 0.5) is 11.4 Å². The SMILES string of the molecule is Cc1ccc([N+](=O)[O-])cc1NC(=O)COC(=O)c1ccoc1C. The van der Waals surface area contributed by atoms with Crippen LogP contribution >= 0.6 is 0 Å². The summed E-state index contributed by atoms with van der Waals surface area (Å²) in [6, 6.07) is 5.55. The van der Waals surface area contributed by atoms with Gasteiger partial charge >= 0.3 is 5.97 Å². The van der Waals surface area contributed by atoms with E-state index >= 15 is 0 Å². The largest absolute Gasteiger partial charge is 0.469 e. The van der Waals surface area contributed by atoms with E-state index in [-0.39, 0.29) is 11.3 Å². The number of nitrogens with one attached hydrogen (secondary N) is 1. The van der Waals surface area contributed by atoms with E-state index in [1.54, 1.807) is 13.8 Å². The van der Waals surface area contributed by atoms with Crippen molar-refractivity contribution in [3.05, 3.63) is 57.5 Å². The van der Waals surface area contributed by atoms with Crippen LogP contribution in [-0.4, -0.2) is 23.4 Å². The topological polar surface area (TPSA) is 112 Å². The molecule has 0 aliphatic carbocycles. The standard InChI is InChI=1S/C15H14N2O6/c1-9-3-4-11(17(20)21)7-13(9)16-14(18)8-23-15(19)12-5-6-22-10(12)2/h3-7H,8H2,1-2H3,(H,16,18). The Morgan fingerprint density at radius 2 is 2.04 bits per heavy atom. The molecule has 0 aliphatic rings. The average molecular weight is 318 g/mol. The van der Waals surface area contributed by atoms with Gasteiger partial charge in [-0.2, -0.15) is 0 Å². The minimum atomic E-state index is -0.679. The second-order valence-electron chi connectivity index (χ2n) is 4.77. The lowest BCUT2D eigenvalue weighted by Crippen LogP contribution is -2.21. The molecule has 1 aromatic carbocycles. The van der Waals surface area contributed by atoms with E-state index in [4.69, 9.17) is 9.15 Å². The Labute approximate surface area is 131 Å². The van der Waals surface area contributed by atoms with Crippen molar-refractivity contribution in [1.82, 2.24) is 0 Å². The molecule has 2 rings (SSSR count). The molecule has 120 valence electrons. The third kappa shape index (κ3) is 3.94. The zero-order chi connectivity index (χ0) is 17.0. The van der Waals surface area contributed by atoms with Crippen molar-refractivity contribution in [2.45, 2.75) is 13.8 Å². The van der Waals surface area contributed by atoms with Crippen molar-refractivity contribution < 1.29 is 23.7 Å². The number of nitrogens with zero attached hydrogens (tertiary/aromatic N) is 1. The fourth-order valence-electron chi connectivity index (χ4n) is 1.85. The van der Waals surface area contributed by atoms with Gasteiger partial charge < -0.3 is 14.5 Å². The van der Waals surface area contributed by atoms with Crippen LogP contribution in [0.3, 0.4) is 0 Å². The summed E-state index contributed by atoms with van der Waals surface area (Å²) < 4.78 is 9.85. The number of hydrogen-bond donors (Lipinski definition) is 1. The zero-order valence-electron chi connectivity index (χ0n) is 12.5. The quantitative estimate of drug-likeness (QED) is 0.515. The molecule has 1 N–H and O–H groups in total. The van der Waals surface area contributed by atoms with Crippen LogP contribution in [0.15, 0.2) is 34.9 Å². The fourth-order valence-corrected chi connectivity index (χ4v) is 1.85. The summed E-state index contributed by atoms with van der Waals surface area (Å²) in [4.78, 5) is 33.7. The predicted molar refractivity (Wildman–Crippen MR) is 80.2 cm³/mol. The lowest BCUT2D eigenvalue weighted by atomic mass is 10.2. The normalized spacial score (nSPS) is 10.2. The van der Waals surface area contributed by atoms with E-state index in [2.05, 4.69) is 5.32 Å². The number of non-ortho nitro benzene ring substituents is 1. The first kappa shape index (κ1) is 16.2. The number of furan rings is 1. The maximum Gasteiger partial charge on any atom is 0.342 e. The van der Waals surface area contributed by atoms with E-state index < -0.39 is 23.4 Å². The van der Waals surface area contributed by atoms with Gasteiger partial charge in [0.15, 0.2) is 6.61 Å².